The first-order valence-corrected chi connectivity index (χ1v) is 5.96. The summed E-state index contributed by atoms with van der Waals surface area (Å²) in [4.78, 5) is 24.7. The molecule has 0 fully saturated rings. The molecule has 0 aromatic rings. The first-order chi connectivity index (χ1) is 8.15. The highest BCUT2D eigenvalue weighted by atomic mass is 16.6. The molecule has 1 N–H and O–H groups in total. The summed E-state index contributed by atoms with van der Waals surface area (Å²) < 4.78 is 5.15. The van der Waals surface area contributed by atoms with Gasteiger partial charge < -0.3 is 15.0 Å². The van der Waals surface area contributed by atoms with Crippen LogP contribution < -0.4 is 5.32 Å². The number of nitrogens with one attached hydrogen (secondary N) is 1. The van der Waals surface area contributed by atoms with Gasteiger partial charge in [-0.3, -0.25) is 4.79 Å². The van der Waals surface area contributed by atoms with E-state index in [1.54, 1.807) is 40.9 Å². The molecule has 0 spiro atoms. The van der Waals surface area contributed by atoms with E-state index in [1.807, 2.05) is 0 Å². The van der Waals surface area contributed by atoms with Crippen molar-refractivity contribution in [3.63, 3.8) is 0 Å². The largest absolute Gasteiger partial charge is 0.444 e. The zero-order chi connectivity index (χ0) is 14.3. The molecule has 5 heteroatoms. The first kappa shape index (κ1) is 16.5. The van der Waals surface area contributed by atoms with Crippen LogP contribution in [0, 0.1) is 0 Å². The van der Waals surface area contributed by atoms with E-state index in [1.165, 1.54) is 4.90 Å². The van der Waals surface area contributed by atoms with E-state index in [9.17, 15) is 9.59 Å². The second-order valence-electron chi connectivity index (χ2n) is 5.36. The fourth-order valence-electron chi connectivity index (χ4n) is 1.26. The van der Waals surface area contributed by atoms with E-state index in [4.69, 9.17) is 4.74 Å². The number of hydrogen-bond donors (Lipinski definition) is 1. The van der Waals surface area contributed by atoms with Crippen LogP contribution >= 0.6 is 0 Å². The second-order valence-corrected chi connectivity index (χ2v) is 5.36. The van der Waals surface area contributed by atoms with E-state index < -0.39 is 11.7 Å². The van der Waals surface area contributed by atoms with Gasteiger partial charge in [0.05, 0.1) is 0 Å². The molecule has 0 aliphatic rings. The van der Waals surface area contributed by atoms with Crippen molar-refractivity contribution in [2.45, 2.75) is 45.3 Å². The maximum Gasteiger partial charge on any atom is 0.407 e. The molecule has 0 radical (unpaired) electrons. The van der Waals surface area contributed by atoms with Gasteiger partial charge in [-0.25, -0.2) is 4.79 Å². The third-order valence-electron chi connectivity index (χ3n) is 2.09. The SMILES string of the molecule is C=CC[C@H](CC(=O)N(C)C)NC(=O)OC(C)(C)C. The molecule has 2 amide bonds. The average Bonchev–Trinajstić information content (AvgIpc) is 2.14. The predicted octanol–water partition coefficient (Wildman–Crippen LogP) is 1.93. The predicted molar refractivity (Wildman–Crippen MR) is 71.3 cm³/mol. The smallest absolute Gasteiger partial charge is 0.407 e. The lowest BCUT2D eigenvalue weighted by atomic mass is 10.1. The lowest BCUT2D eigenvalue weighted by Gasteiger charge is -2.23. The highest BCUT2D eigenvalue weighted by molar-refractivity contribution is 5.77. The molecule has 0 aliphatic carbocycles. The second kappa shape index (κ2) is 7.03. The topological polar surface area (TPSA) is 58.6 Å². The van der Waals surface area contributed by atoms with Crippen LogP contribution in [0.4, 0.5) is 4.79 Å². The standard InChI is InChI=1S/C13H24N2O3/c1-7-8-10(9-11(16)15(5)6)14-12(17)18-13(2,3)4/h7,10H,1,8-9H2,2-6H3,(H,14,17)/t10-/m1/s1. The Labute approximate surface area is 109 Å². The Bertz CT molecular complexity index is 306. The molecule has 0 bridgehead atoms. The summed E-state index contributed by atoms with van der Waals surface area (Å²) in [5.41, 5.74) is -0.547. The summed E-state index contributed by atoms with van der Waals surface area (Å²) >= 11 is 0. The third-order valence-corrected chi connectivity index (χ3v) is 2.09. The van der Waals surface area contributed by atoms with Gasteiger partial charge in [-0.05, 0) is 27.2 Å². The Morgan fingerprint density at radius 1 is 1.39 bits per heavy atom. The van der Waals surface area contributed by atoms with Gasteiger partial charge in [0.25, 0.3) is 0 Å². The van der Waals surface area contributed by atoms with Crippen molar-refractivity contribution < 1.29 is 14.3 Å². The minimum absolute atomic E-state index is 0.0436. The van der Waals surface area contributed by atoms with Crippen LogP contribution in [0.5, 0.6) is 0 Å². The van der Waals surface area contributed by atoms with Crippen LogP contribution in [0.2, 0.25) is 0 Å². The van der Waals surface area contributed by atoms with Crippen LogP contribution in [0.1, 0.15) is 33.6 Å². The fraction of sp³-hybridized carbons (Fsp3) is 0.692. The van der Waals surface area contributed by atoms with E-state index in [2.05, 4.69) is 11.9 Å². The number of amides is 2. The molecule has 1 atom stereocenters. The van der Waals surface area contributed by atoms with Gasteiger partial charge in [0.1, 0.15) is 5.60 Å². The number of nitrogens with zero attached hydrogens (tertiary/aromatic N) is 1. The van der Waals surface area contributed by atoms with Gasteiger partial charge in [0, 0.05) is 26.6 Å². The molecular formula is C13H24N2O3. The zero-order valence-electron chi connectivity index (χ0n) is 11.9. The highest BCUT2D eigenvalue weighted by Gasteiger charge is 2.21. The summed E-state index contributed by atoms with van der Waals surface area (Å²) in [6, 6.07) is -0.285. The minimum Gasteiger partial charge on any atom is -0.444 e. The number of carbonyl (C=O) groups is 2. The van der Waals surface area contributed by atoms with Crippen molar-refractivity contribution in [3.05, 3.63) is 12.7 Å². The van der Waals surface area contributed by atoms with Gasteiger partial charge >= 0.3 is 6.09 Å². The van der Waals surface area contributed by atoms with Gasteiger partial charge in [-0.15, -0.1) is 6.58 Å². The zero-order valence-corrected chi connectivity index (χ0v) is 11.9. The number of rotatable bonds is 5. The summed E-state index contributed by atoms with van der Waals surface area (Å²) in [6.07, 6.45) is 1.92. The van der Waals surface area contributed by atoms with Crippen molar-refractivity contribution in [3.8, 4) is 0 Å². The van der Waals surface area contributed by atoms with Gasteiger partial charge in [0.15, 0.2) is 0 Å². The quantitative estimate of drug-likeness (QED) is 0.765. The Morgan fingerprint density at radius 2 is 1.94 bits per heavy atom. The van der Waals surface area contributed by atoms with E-state index in [-0.39, 0.29) is 18.4 Å². The van der Waals surface area contributed by atoms with E-state index in [0.29, 0.717) is 6.42 Å². The van der Waals surface area contributed by atoms with Crippen molar-refractivity contribution in [2.24, 2.45) is 0 Å². The van der Waals surface area contributed by atoms with Crippen LogP contribution in [-0.4, -0.2) is 42.6 Å². The maximum atomic E-state index is 11.6. The molecule has 0 aliphatic heterocycles. The molecule has 0 rings (SSSR count). The van der Waals surface area contributed by atoms with Crippen LogP contribution in [0.3, 0.4) is 0 Å². The fourth-order valence-corrected chi connectivity index (χ4v) is 1.26. The summed E-state index contributed by atoms with van der Waals surface area (Å²) in [6.45, 7) is 8.99. The minimum atomic E-state index is -0.547. The van der Waals surface area contributed by atoms with Crippen LogP contribution in [0.15, 0.2) is 12.7 Å². The summed E-state index contributed by atoms with van der Waals surface area (Å²) in [5.74, 6) is -0.0436. The molecule has 0 aromatic heterocycles. The normalized spacial score (nSPS) is 12.5. The first-order valence-electron chi connectivity index (χ1n) is 5.96. The number of carbonyl (C=O) groups excluding carboxylic acids is 2. The molecule has 0 aromatic carbocycles. The number of hydrogen-bond acceptors (Lipinski definition) is 3. The van der Waals surface area contributed by atoms with Gasteiger partial charge in [-0.2, -0.15) is 0 Å². The van der Waals surface area contributed by atoms with Crippen molar-refractivity contribution in [1.82, 2.24) is 10.2 Å². The van der Waals surface area contributed by atoms with Crippen molar-refractivity contribution in [1.29, 1.82) is 0 Å². The maximum absolute atomic E-state index is 11.6. The molecule has 18 heavy (non-hydrogen) atoms. The lowest BCUT2D eigenvalue weighted by molar-refractivity contribution is -0.129. The van der Waals surface area contributed by atoms with Crippen molar-refractivity contribution in [2.75, 3.05) is 14.1 Å². The molecule has 0 saturated heterocycles. The van der Waals surface area contributed by atoms with Crippen molar-refractivity contribution >= 4 is 12.0 Å². The molecule has 104 valence electrons. The van der Waals surface area contributed by atoms with Gasteiger partial charge in [-0.1, -0.05) is 6.08 Å². The number of ether oxygens (including phenoxy) is 1. The Balaban J connectivity index is 4.39. The van der Waals surface area contributed by atoms with Crippen LogP contribution in [0.25, 0.3) is 0 Å². The summed E-state index contributed by atoms with van der Waals surface area (Å²) in [5, 5.41) is 2.68. The Hall–Kier alpha value is -1.52. The molecule has 5 nitrogen and oxygen atoms in total. The molecule has 0 saturated carbocycles. The summed E-state index contributed by atoms with van der Waals surface area (Å²) in [7, 11) is 3.36. The number of alkyl carbamates (subject to hydrolysis) is 1. The highest BCUT2D eigenvalue weighted by Crippen LogP contribution is 2.08. The molecule has 0 heterocycles. The lowest BCUT2D eigenvalue weighted by Crippen LogP contribution is -2.41. The van der Waals surface area contributed by atoms with E-state index >= 15 is 0 Å². The monoisotopic (exact) mass is 256 g/mol. The Kier molecular flexibility index (Phi) is 6.44. The molecular weight excluding hydrogens is 232 g/mol. The Morgan fingerprint density at radius 3 is 2.33 bits per heavy atom. The van der Waals surface area contributed by atoms with Crippen LogP contribution in [-0.2, 0) is 9.53 Å². The third kappa shape index (κ3) is 7.70. The van der Waals surface area contributed by atoms with E-state index in [0.717, 1.165) is 0 Å². The average molecular weight is 256 g/mol. The van der Waals surface area contributed by atoms with Gasteiger partial charge in [0.2, 0.25) is 5.91 Å². The molecule has 0 unspecified atom stereocenters.